The Balaban J connectivity index is 1.47. The lowest BCUT2D eigenvalue weighted by atomic mass is 9.81. The number of rotatable bonds is 6. The summed E-state index contributed by atoms with van der Waals surface area (Å²) in [5.41, 5.74) is 7.87. The van der Waals surface area contributed by atoms with Crippen LogP contribution < -0.4 is 9.80 Å². The summed E-state index contributed by atoms with van der Waals surface area (Å²) in [6, 6.07) is 29.6. The van der Waals surface area contributed by atoms with Crippen LogP contribution in [0.5, 0.6) is 0 Å². The minimum absolute atomic E-state index is 0.306. The van der Waals surface area contributed by atoms with Gasteiger partial charge in [0.05, 0.1) is 0 Å². The van der Waals surface area contributed by atoms with Gasteiger partial charge in [0.1, 0.15) is 0 Å². The van der Waals surface area contributed by atoms with Crippen LogP contribution in [0.15, 0.2) is 157 Å². The number of hydrogen-bond donors (Lipinski definition) is 0. The molecule has 1 saturated carbocycles. The molecule has 39 heavy (non-hydrogen) atoms. The van der Waals surface area contributed by atoms with Crippen molar-refractivity contribution in [2.45, 2.75) is 13.8 Å². The van der Waals surface area contributed by atoms with Crippen molar-refractivity contribution in [2.75, 3.05) is 23.9 Å². The van der Waals surface area contributed by atoms with E-state index in [-0.39, 0.29) is 5.41 Å². The Labute approximate surface area is 232 Å². The fourth-order valence-electron chi connectivity index (χ4n) is 5.60. The number of likely N-dealkylation sites (N-methyl/N-ethyl adjacent to an activating group) is 2. The zero-order valence-corrected chi connectivity index (χ0v) is 23.5. The molecule has 0 spiro atoms. The molecule has 1 aliphatic carbocycles. The highest BCUT2D eigenvalue weighted by atomic mass is 15.1. The van der Waals surface area contributed by atoms with Gasteiger partial charge in [-0.1, -0.05) is 113 Å². The van der Waals surface area contributed by atoms with E-state index in [9.17, 15) is 0 Å². The molecule has 2 nitrogen and oxygen atoms in total. The lowest BCUT2D eigenvalue weighted by Gasteiger charge is -2.27. The minimum Gasteiger partial charge on any atom is -0.345 e. The highest BCUT2D eigenvalue weighted by molar-refractivity contribution is 5.96. The third-order valence-corrected chi connectivity index (χ3v) is 8.10. The summed E-state index contributed by atoms with van der Waals surface area (Å²) in [7, 11) is 4.14. The molecular formula is C37H36N2. The summed E-state index contributed by atoms with van der Waals surface area (Å²) in [6.45, 7) is 22.2. The second-order valence-electron chi connectivity index (χ2n) is 10.8. The van der Waals surface area contributed by atoms with Gasteiger partial charge in [0.2, 0.25) is 0 Å². The van der Waals surface area contributed by atoms with Gasteiger partial charge in [0.15, 0.2) is 0 Å². The molecule has 0 radical (unpaired) electrons. The molecule has 0 aromatic heterocycles. The van der Waals surface area contributed by atoms with E-state index in [0.29, 0.717) is 0 Å². The van der Waals surface area contributed by atoms with Crippen molar-refractivity contribution in [1.29, 1.82) is 0 Å². The second-order valence-corrected chi connectivity index (χ2v) is 10.8. The number of allylic oxidation sites excluding steroid dienone is 6. The number of nitrogens with zero attached hydrogens (tertiary/aromatic N) is 2. The second kappa shape index (κ2) is 9.96. The third kappa shape index (κ3) is 4.53. The van der Waals surface area contributed by atoms with E-state index in [4.69, 9.17) is 0 Å². The summed E-state index contributed by atoms with van der Waals surface area (Å²) in [4.78, 5) is 4.30. The Morgan fingerprint density at radius 3 is 1.36 bits per heavy atom. The van der Waals surface area contributed by atoms with E-state index in [2.05, 4.69) is 161 Å². The number of hydrogen-bond acceptors (Lipinski definition) is 2. The van der Waals surface area contributed by atoms with Gasteiger partial charge in [-0.15, -0.1) is 0 Å². The van der Waals surface area contributed by atoms with Crippen molar-refractivity contribution in [3.63, 3.8) is 0 Å². The molecule has 0 atom stereocenters. The first kappa shape index (κ1) is 26.1. The molecule has 0 saturated heterocycles. The van der Waals surface area contributed by atoms with Gasteiger partial charge in [-0.25, -0.2) is 0 Å². The van der Waals surface area contributed by atoms with Crippen LogP contribution in [0.25, 0.3) is 21.5 Å². The van der Waals surface area contributed by atoms with Crippen molar-refractivity contribution >= 4 is 32.9 Å². The van der Waals surface area contributed by atoms with E-state index in [1.54, 1.807) is 0 Å². The molecule has 194 valence electrons. The van der Waals surface area contributed by atoms with Crippen LogP contribution in [0.4, 0.5) is 11.4 Å². The largest absolute Gasteiger partial charge is 0.345 e. The number of fused-ring (bicyclic) bond motifs is 2. The highest BCUT2D eigenvalue weighted by Crippen LogP contribution is 2.52. The van der Waals surface area contributed by atoms with Crippen molar-refractivity contribution < 1.29 is 0 Å². The average Bonchev–Trinajstić information content (AvgIpc) is 3.10. The zero-order valence-electron chi connectivity index (χ0n) is 23.5. The molecule has 4 aromatic carbocycles. The molecule has 0 N–H and O–H groups in total. The molecule has 0 heterocycles. The standard InChI is InChI=1S/C37H36N2/c1-25(38(7)35-21-13-17-29-15-9-11-19-31(29)35)23-33-27(3)28(4)34(37(33,5)6)24-26(2)39(8)36-22-14-18-30-16-10-12-20-32(30)36/h9-24H,1-4H2,5-8H3. The summed E-state index contributed by atoms with van der Waals surface area (Å²) in [5, 5.41) is 4.81. The molecule has 4 aromatic rings. The molecule has 1 aliphatic rings. The molecule has 0 unspecified atom stereocenters. The van der Waals surface area contributed by atoms with Crippen molar-refractivity contribution in [3.8, 4) is 0 Å². The SMILES string of the molecule is C=C1C(=C)C(=CC(=C)N(C)c2cccc3ccccc23)C(C)(C)C1=CC(=C)N(C)c1cccc2ccccc12. The first-order valence-corrected chi connectivity index (χ1v) is 13.3. The summed E-state index contributed by atoms with van der Waals surface area (Å²) in [5.74, 6) is 0. The normalized spacial score (nSPS) is 16.8. The summed E-state index contributed by atoms with van der Waals surface area (Å²) in [6.07, 6.45) is 4.32. The maximum absolute atomic E-state index is 4.44. The van der Waals surface area contributed by atoms with Crippen molar-refractivity contribution in [3.05, 3.63) is 157 Å². The molecule has 0 bridgehead atoms. The van der Waals surface area contributed by atoms with Crippen molar-refractivity contribution in [2.24, 2.45) is 5.41 Å². The quantitative estimate of drug-likeness (QED) is 0.256. The van der Waals surface area contributed by atoms with Gasteiger partial charge in [-0.2, -0.15) is 0 Å². The Bertz CT molecular complexity index is 1590. The smallest absolute Gasteiger partial charge is 0.0487 e. The molecular weight excluding hydrogens is 472 g/mol. The van der Waals surface area contributed by atoms with E-state index in [1.807, 2.05) is 0 Å². The highest BCUT2D eigenvalue weighted by Gasteiger charge is 2.39. The number of benzene rings is 4. The Morgan fingerprint density at radius 2 is 0.949 bits per heavy atom. The van der Waals surface area contributed by atoms with Gasteiger partial charge in [0, 0.05) is 53.1 Å². The lowest BCUT2D eigenvalue weighted by Crippen LogP contribution is -2.18. The minimum atomic E-state index is -0.306. The van der Waals surface area contributed by atoms with Crippen molar-refractivity contribution in [1.82, 2.24) is 0 Å². The third-order valence-electron chi connectivity index (χ3n) is 8.10. The molecule has 5 rings (SSSR count). The van der Waals surface area contributed by atoms with Crippen LogP contribution in [0.2, 0.25) is 0 Å². The maximum atomic E-state index is 4.44. The van der Waals surface area contributed by atoms with E-state index >= 15 is 0 Å². The fraction of sp³-hybridized carbons (Fsp3) is 0.135. The fourth-order valence-corrected chi connectivity index (χ4v) is 5.60. The lowest BCUT2D eigenvalue weighted by molar-refractivity contribution is 0.582. The predicted octanol–water partition coefficient (Wildman–Crippen LogP) is 9.60. The molecule has 0 aliphatic heterocycles. The van der Waals surface area contributed by atoms with Gasteiger partial charge in [0.25, 0.3) is 0 Å². The first-order valence-electron chi connectivity index (χ1n) is 13.3. The Kier molecular flexibility index (Phi) is 6.66. The molecule has 0 amide bonds. The number of anilines is 2. The van der Waals surface area contributed by atoms with Crippen LogP contribution in [0.1, 0.15) is 13.8 Å². The zero-order chi connectivity index (χ0) is 27.9. The average molecular weight is 509 g/mol. The molecule has 1 fully saturated rings. The van der Waals surface area contributed by atoms with Gasteiger partial charge >= 0.3 is 0 Å². The Hall–Kier alpha value is -4.56. The van der Waals surface area contributed by atoms with E-state index in [1.165, 1.54) is 21.5 Å². The van der Waals surface area contributed by atoms with Crippen LogP contribution in [-0.4, -0.2) is 14.1 Å². The maximum Gasteiger partial charge on any atom is 0.0487 e. The van der Waals surface area contributed by atoms with Gasteiger partial charge < -0.3 is 9.80 Å². The van der Waals surface area contributed by atoms with E-state index in [0.717, 1.165) is 45.1 Å². The topological polar surface area (TPSA) is 6.48 Å². The summed E-state index contributed by atoms with van der Waals surface area (Å²) >= 11 is 0. The van der Waals surface area contributed by atoms with Crippen LogP contribution in [0.3, 0.4) is 0 Å². The van der Waals surface area contributed by atoms with E-state index < -0.39 is 0 Å². The van der Waals surface area contributed by atoms with Crippen LogP contribution in [-0.2, 0) is 0 Å². The van der Waals surface area contributed by atoms with Crippen LogP contribution >= 0.6 is 0 Å². The van der Waals surface area contributed by atoms with Gasteiger partial charge in [-0.3, -0.25) is 0 Å². The van der Waals surface area contributed by atoms with Gasteiger partial charge in [-0.05, 0) is 57.3 Å². The predicted molar refractivity (Wildman–Crippen MR) is 171 cm³/mol. The molecule has 2 heteroatoms. The monoisotopic (exact) mass is 508 g/mol. The van der Waals surface area contributed by atoms with Crippen LogP contribution in [0, 0.1) is 5.41 Å². The Morgan fingerprint density at radius 1 is 0.590 bits per heavy atom. The summed E-state index contributed by atoms with van der Waals surface area (Å²) < 4.78 is 0. The first-order chi connectivity index (χ1) is 18.6.